The quantitative estimate of drug-likeness (QED) is 0.742. The SMILES string of the molecule is CCCn1nncc1C(=O)c1cc(CC)nn1CC. The fourth-order valence-electron chi connectivity index (χ4n) is 2.01. The number of nitrogens with zero attached hydrogens (tertiary/aromatic N) is 5. The summed E-state index contributed by atoms with van der Waals surface area (Å²) in [4.78, 5) is 12.6. The first-order valence-corrected chi connectivity index (χ1v) is 6.71. The van der Waals surface area contributed by atoms with E-state index in [4.69, 9.17) is 0 Å². The lowest BCUT2D eigenvalue weighted by molar-refractivity contribution is 0.101. The Morgan fingerprint density at radius 2 is 2.00 bits per heavy atom. The first-order valence-electron chi connectivity index (χ1n) is 6.71. The molecule has 0 spiro atoms. The van der Waals surface area contributed by atoms with Crippen molar-refractivity contribution in [2.24, 2.45) is 0 Å². The van der Waals surface area contributed by atoms with E-state index in [1.54, 1.807) is 9.36 Å². The molecule has 6 nitrogen and oxygen atoms in total. The summed E-state index contributed by atoms with van der Waals surface area (Å²) < 4.78 is 3.39. The van der Waals surface area contributed by atoms with Crippen LogP contribution in [0.4, 0.5) is 0 Å². The second-order valence-electron chi connectivity index (χ2n) is 4.36. The van der Waals surface area contributed by atoms with E-state index in [0.717, 1.165) is 18.5 Å². The highest BCUT2D eigenvalue weighted by Gasteiger charge is 2.20. The van der Waals surface area contributed by atoms with Crippen LogP contribution in [0.2, 0.25) is 0 Å². The van der Waals surface area contributed by atoms with Crippen molar-refractivity contribution < 1.29 is 4.79 Å². The molecule has 0 radical (unpaired) electrons. The second kappa shape index (κ2) is 5.77. The molecular formula is C13H19N5O. The monoisotopic (exact) mass is 261 g/mol. The summed E-state index contributed by atoms with van der Waals surface area (Å²) in [6.45, 7) is 7.42. The van der Waals surface area contributed by atoms with Gasteiger partial charge >= 0.3 is 0 Å². The highest BCUT2D eigenvalue weighted by atomic mass is 16.1. The Labute approximate surface area is 112 Å². The van der Waals surface area contributed by atoms with Crippen molar-refractivity contribution >= 4 is 5.78 Å². The van der Waals surface area contributed by atoms with Crippen LogP contribution >= 0.6 is 0 Å². The molecule has 0 aromatic carbocycles. The van der Waals surface area contributed by atoms with E-state index in [2.05, 4.69) is 15.4 Å². The van der Waals surface area contributed by atoms with Gasteiger partial charge in [0.1, 0.15) is 11.4 Å². The van der Waals surface area contributed by atoms with Crippen molar-refractivity contribution in [1.82, 2.24) is 24.8 Å². The number of aromatic nitrogens is 5. The normalized spacial score (nSPS) is 10.9. The van der Waals surface area contributed by atoms with Crippen molar-refractivity contribution in [3.63, 3.8) is 0 Å². The van der Waals surface area contributed by atoms with E-state index >= 15 is 0 Å². The van der Waals surface area contributed by atoms with Gasteiger partial charge in [-0.2, -0.15) is 5.10 Å². The largest absolute Gasteiger partial charge is 0.285 e. The standard InChI is InChI=1S/C13H19N5O/c1-4-7-18-12(9-14-16-18)13(19)11-8-10(5-2)15-17(11)6-3/h8-9H,4-7H2,1-3H3. The number of hydrogen-bond donors (Lipinski definition) is 0. The third-order valence-electron chi connectivity index (χ3n) is 3.01. The third-order valence-corrected chi connectivity index (χ3v) is 3.01. The fraction of sp³-hybridized carbons (Fsp3) is 0.538. The average molecular weight is 261 g/mol. The van der Waals surface area contributed by atoms with Crippen LogP contribution in [0.15, 0.2) is 12.3 Å². The zero-order valence-corrected chi connectivity index (χ0v) is 11.6. The highest BCUT2D eigenvalue weighted by Crippen LogP contribution is 2.12. The van der Waals surface area contributed by atoms with E-state index in [0.29, 0.717) is 24.5 Å². The Hall–Kier alpha value is -1.98. The van der Waals surface area contributed by atoms with Gasteiger partial charge in [-0.05, 0) is 25.8 Å². The molecule has 2 aromatic heterocycles. The van der Waals surface area contributed by atoms with Crippen LogP contribution in [-0.4, -0.2) is 30.6 Å². The lowest BCUT2D eigenvalue weighted by Crippen LogP contribution is -2.15. The van der Waals surface area contributed by atoms with Gasteiger partial charge in [0.2, 0.25) is 5.78 Å². The topological polar surface area (TPSA) is 65.6 Å². The second-order valence-corrected chi connectivity index (χ2v) is 4.36. The first kappa shape index (κ1) is 13.5. The Morgan fingerprint density at radius 3 is 2.63 bits per heavy atom. The zero-order valence-electron chi connectivity index (χ0n) is 11.6. The van der Waals surface area contributed by atoms with Crippen molar-refractivity contribution in [1.29, 1.82) is 0 Å². The molecule has 0 aliphatic carbocycles. The summed E-state index contributed by atoms with van der Waals surface area (Å²) in [6.07, 6.45) is 3.26. The Kier molecular flexibility index (Phi) is 4.09. The van der Waals surface area contributed by atoms with Crippen LogP contribution < -0.4 is 0 Å². The molecule has 6 heteroatoms. The van der Waals surface area contributed by atoms with Gasteiger partial charge in [-0.3, -0.25) is 9.48 Å². The number of hydrogen-bond acceptors (Lipinski definition) is 4. The van der Waals surface area contributed by atoms with Crippen LogP contribution in [-0.2, 0) is 19.5 Å². The maximum atomic E-state index is 12.6. The van der Waals surface area contributed by atoms with Gasteiger partial charge in [0.15, 0.2) is 0 Å². The number of carbonyl (C=O) groups excluding carboxylic acids is 1. The molecule has 19 heavy (non-hydrogen) atoms. The van der Waals surface area contributed by atoms with Gasteiger partial charge in [0.05, 0.1) is 11.9 Å². The highest BCUT2D eigenvalue weighted by molar-refractivity contribution is 6.06. The number of aryl methyl sites for hydroxylation is 3. The summed E-state index contributed by atoms with van der Waals surface area (Å²) in [7, 11) is 0. The molecular weight excluding hydrogens is 242 g/mol. The smallest absolute Gasteiger partial charge is 0.230 e. The first-order chi connectivity index (χ1) is 9.21. The number of ketones is 1. The minimum Gasteiger partial charge on any atom is -0.285 e. The maximum Gasteiger partial charge on any atom is 0.230 e. The molecule has 0 amide bonds. The molecule has 0 aliphatic heterocycles. The lowest BCUT2D eigenvalue weighted by Gasteiger charge is -2.05. The maximum absolute atomic E-state index is 12.6. The Morgan fingerprint density at radius 1 is 1.21 bits per heavy atom. The van der Waals surface area contributed by atoms with Crippen LogP contribution in [0, 0.1) is 0 Å². The third kappa shape index (κ3) is 2.57. The van der Waals surface area contributed by atoms with E-state index < -0.39 is 0 Å². The molecule has 0 bridgehead atoms. The van der Waals surface area contributed by atoms with Gasteiger partial charge < -0.3 is 0 Å². The van der Waals surface area contributed by atoms with E-state index in [1.807, 2.05) is 26.8 Å². The van der Waals surface area contributed by atoms with E-state index in [1.165, 1.54) is 6.20 Å². The van der Waals surface area contributed by atoms with Crippen molar-refractivity contribution in [2.45, 2.75) is 46.7 Å². The van der Waals surface area contributed by atoms with Crippen LogP contribution in [0.1, 0.15) is 49.1 Å². The fourth-order valence-corrected chi connectivity index (χ4v) is 2.01. The van der Waals surface area contributed by atoms with Crippen molar-refractivity contribution in [3.05, 3.63) is 29.3 Å². The summed E-state index contributed by atoms with van der Waals surface area (Å²) in [5, 5.41) is 12.2. The predicted octanol–water partition coefficient (Wildman–Crippen LogP) is 1.70. The van der Waals surface area contributed by atoms with Gasteiger partial charge in [0.25, 0.3) is 0 Å². The van der Waals surface area contributed by atoms with Gasteiger partial charge in [-0.1, -0.05) is 19.1 Å². The molecule has 0 unspecified atom stereocenters. The van der Waals surface area contributed by atoms with E-state index in [-0.39, 0.29) is 5.78 Å². The molecule has 2 heterocycles. The van der Waals surface area contributed by atoms with Gasteiger partial charge in [-0.15, -0.1) is 5.10 Å². The summed E-state index contributed by atoms with van der Waals surface area (Å²) in [6, 6.07) is 1.86. The molecule has 0 saturated heterocycles. The summed E-state index contributed by atoms with van der Waals surface area (Å²) >= 11 is 0. The molecule has 2 rings (SSSR count). The Balaban J connectivity index is 2.37. The summed E-state index contributed by atoms with van der Waals surface area (Å²) in [5.41, 5.74) is 2.07. The summed E-state index contributed by atoms with van der Waals surface area (Å²) in [5.74, 6) is -0.0625. The zero-order chi connectivity index (χ0) is 13.8. The molecule has 0 saturated carbocycles. The van der Waals surface area contributed by atoms with Crippen molar-refractivity contribution in [2.75, 3.05) is 0 Å². The molecule has 0 atom stereocenters. The number of carbonyl (C=O) groups is 1. The van der Waals surface area contributed by atoms with Crippen LogP contribution in [0.3, 0.4) is 0 Å². The number of rotatable bonds is 6. The predicted molar refractivity (Wildman–Crippen MR) is 71.0 cm³/mol. The van der Waals surface area contributed by atoms with Crippen molar-refractivity contribution in [3.8, 4) is 0 Å². The van der Waals surface area contributed by atoms with Gasteiger partial charge in [-0.25, -0.2) is 4.68 Å². The molecule has 0 fully saturated rings. The minimum absolute atomic E-state index is 0.0625. The average Bonchev–Trinajstić information content (AvgIpc) is 3.04. The minimum atomic E-state index is -0.0625. The van der Waals surface area contributed by atoms with Crippen LogP contribution in [0.5, 0.6) is 0 Å². The lowest BCUT2D eigenvalue weighted by atomic mass is 10.2. The molecule has 0 aliphatic rings. The van der Waals surface area contributed by atoms with Crippen LogP contribution in [0.25, 0.3) is 0 Å². The van der Waals surface area contributed by atoms with Gasteiger partial charge in [0, 0.05) is 13.1 Å². The molecule has 102 valence electrons. The molecule has 2 aromatic rings. The molecule has 0 N–H and O–H groups in total. The Bertz CT molecular complexity index is 569. The van der Waals surface area contributed by atoms with E-state index in [9.17, 15) is 4.79 Å².